The number of nitrogens with zero attached hydrogens (tertiary/aromatic N) is 4. The quantitative estimate of drug-likeness (QED) is 0.625. The van der Waals surface area contributed by atoms with Crippen LogP contribution in [0.15, 0.2) is 35.4 Å². The van der Waals surface area contributed by atoms with Gasteiger partial charge < -0.3 is 19.9 Å². The summed E-state index contributed by atoms with van der Waals surface area (Å²) in [6.07, 6.45) is 1.14. The van der Waals surface area contributed by atoms with Gasteiger partial charge in [-0.25, -0.2) is 22.5 Å². The van der Waals surface area contributed by atoms with E-state index in [0.29, 0.717) is 31.3 Å². The number of ether oxygens (including phenoxy) is 1. The summed E-state index contributed by atoms with van der Waals surface area (Å²) < 4.78 is 48.1. The van der Waals surface area contributed by atoms with Gasteiger partial charge in [-0.05, 0) is 58.0 Å². The fourth-order valence-corrected chi connectivity index (χ4v) is 5.18. The average Bonchev–Trinajstić information content (AvgIpc) is 2.74. The Bertz CT molecular complexity index is 1090. The van der Waals surface area contributed by atoms with E-state index in [4.69, 9.17) is 4.74 Å². The van der Waals surface area contributed by atoms with E-state index in [2.05, 4.69) is 24.9 Å². The third-order valence-corrected chi connectivity index (χ3v) is 7.36. The van der Waals surface area contributed by atoms with Crippen LogP contribution < -0.4 is 14.9 Å². The predicted molar refractivity (Wildman–Crippen MR) is 125 cm³/mol. The van der Waals surface area contributed by atoms with Gasteiger partial charge in [-0.1, -0.05) is 0 Å². The fourth-order valence-electron chi connectivity index (χ4n) is 4.07. The summed E-state index contributed by atoms with van der Waals surface area (Å²) in [4.78, 5) is 12.6. The molecular formula is C22H31FN6O3S. The normalized spacial score (nSPS) is 21.6. The largest absolute Gasteiger partial charge is 0.372 e. The van der Waals surface area contributed by atoms with Gasteiger partial charge in [-0.15, -0.1) is 0 Å². The van der Waals surface area contributed by atoms with Crippen LogP contribution in [0.4, 0.5) is 21.8 Å². The van der Waals surface area contributed by atoms with Gasteiger partial charge in [-0.3, -0.25) is 0 Å². The first-order chi connectivity index (χ1) is 15.5. The summed E-state index contributed by atoms with van der Waals surface area (Å²) in [5, 5.41) is 3.03. The molecule has 33 heavy (non-hydrogen) atoms. The molecule has 0 spiro atoms. The second-order valence-electron chi connectivity index (χ2n) is 9.50. The summed E-state index contributed by atoms with van der Waals surface area (Å²) in [5.41, 5.74) is 0.184. The molecule has 2 N–H and O–H groups in total. The number of halogens is 1. The molecule has 0 aliphatic carbocycles. The van der Waals surface area contributed by atoms with Crippen molar-refractivity contribution < 1.29 is 17.5 Å². The van der Waals surface area contributed by atoms with Crippen LogP contribution >= 0.6 is 0 Å². The van der Waals surface area contributed by atoms with E-state index in [1.54, 1.807) is 12.1 Å². The molecule has 0 saturated carbocycles. The lowest BCUT2D eigenvalue weighted by atomic mass is 10.0. The van der Waals surface area contributed by atoms with E-state index >= 15 is 0 Å². The highest BCUT2D eigenvalue weighted by atomic mass is 32.2. The van der Waals surface area contributed by atoms with Crippen molar-refractivity contribution in [2.24, 2.45) is 5.92 Å². The van der Waals surface area contributed by atoms with Crippen LogP contribution in [-0.2, 0) is 14.8 Å². The molecule has 2 aromatic rings. The van der Waals surface area contributed by atoms with E-state index in [-0.39, 0.29) is 22.7 Å². The highest BCUT2D eigenvalue weighted by Gasteiger charge is 2.34. The minimum Gasteiger partial charge on any atom is -0.372 e. The zero-order valence-corrected chi connectivity index (χ0v) is 20.2. The van der Waals surface area contributed by atoms with Crippen molar-refractivity contribution in [3.05, 3.63) is 36.3 Å². The molecule has 180 valence electrons. The average molecular weight is 479 g/mol. The van der Waals surface area contributed by atoms with Crippen molar-refractivity contribution in [2.45, 2.75) is 37.3 Å². The van der Waals surface area contributed by atoms with Crippen LogP contribution in [0.3, 0.4) is 0 Å². The molecule has 2 saturated heterocycles. The zero-order chi connectivity index (χ0) is 23.8. The van der Waals surface area contributed by atoms with Gasteiger partial charge in [0.15, 0.2) is 11.6 Å². The van der Waals surface area contributed by atoms with Gasteiger partial charge in [0.25, 0.3) is 0 Å². The zero-order valence-electron chi connectivity index (χ0n) is 19.4. The van der Waals surface area contributed by atoms with Crippen molar-refractivity contribution >= 4 is 27.5 Å². The molecule has 9 nitrogen and oxygen atoms in total. The van der Waals surface area contributed by atoms with E-state index in [1.807, 2.05) is 32.7 Å². The molecule has 0 radical (unpaired) electrons. The number of benzene rings is 1. The standard InChI is InChI=1S/C22H31FN6O3S/c1-15-13-32-22(2,3)14-29(15)20-19(23)10-24-21(27-20)26-17-5-7-18(8-6-17)33(30,31)25-9-16-11-28(4)12-16/h5-8,10,15-16,25H,9,11-14H2,1-4H3,(H,24,26,27)/t15-/m0/s1. The van der Waals surface area contributed by atoms with Crippen molar-refractivity contribution in [1.82, 2.24) is 19.6 Å². The SMILES string of the molecule is C[C@H]1COC(C)(C)CN1c1nc(Nc2ccc(S(=O)(=O)NCC3CN(C)C3)cc2)ncc1F. The van der Waals surface area contributed by atoms with E-state index in [1.165, 1.54) is 12.1 Å². The van der Waals surface area contributed by atoms with Gasteiger partial charge >= 0.3 is 0 Å². The molecule has 2 aliphatic heterocycles. The lowest BCUT2D eigenvalue weighted by Gasteiger charge is -2.43. The third-order valence-electron chi connectivity index (χ3n) is 5.92. The minimum absolute atomic E-state index is 0.0346. The van der Waals surface area contributed by atoms with E-state index < -0.39 is 21.4 Å². The Labute approximate surface area is 194 Å². The Morgan fingerprint density at radius 2 is 1.94 bits per heavy atom. The Morgan fingerprint density at radius 3 is 2.61 bits per heavy atom. The van der Waals surface area contributed by atoms with Crippen molar-refractivity contribution in [3.63, 3.8) is 0 Å². The lowest BCUT2D eigenvalue weighted by Crippen LogP contribution is -2.53. The van der Waals surface area contributed by atoms with Crippen molar-refractivity contribution in [3.8, 4) is 0 Å². The molecule has 3 heterocycles. The summed E-state index contributed by atoms with van der Waals surface area (Å²) in [5.74, 6) is 0.276. The van der Waals surface area contributed by atoms with Crippen LogP contribution in [0.5, 0.6) is 0 Å². The number of likely N-dealkylation sites (tertiary alicyclic amines) is 1. The van der Waals surface area contributed by atoms with Crippen molar-refractivity contribution in [2.75, 3.05) is 50.1 Å². The first-order valence-electron chi connectivity index (χ1n) is 11.0. The maximum atomic E-state index is 14.6. The summed E-state index contributed by atoms with van der Waals surface area (Å²) in [6.45, 7) is 9.06. The molecule has 2 fully saturated rings. The molecule has 4 rings (SSSR count). The second-order valence-corrected chi connectivity index (χ2v) is 11.3. The number of hydrogen-bond acceptors (Lipinski definition) is 8. The number of sulfonamides is 1. The first kappa shape index (κ1) is 23.8. The highest BCUT2D eigenvalue weighted by Crippen LogP contribution is 2.28. The number of aromatic nitrogens is 2. The van der Waals surface area contributed by atoms with Crippen LogP contribution in [0, 0.1) is 11.7 Å². The summed E-state index contributed by atoms with van der Waals surface area (Å²) in [6, 6.07) is 6.29. The van der Waals surface area contributed by atoms with Crippen molar-refractivity contribution in [1.29, 1.82) is 0 Å². The molecule has 1 atom stereocenters. The smallest absolute Gasteiger partial charge is 0.240 e. The van der Waals surface area contributed by atoms with E-state index in [0.717, 1.165) is 19.3 Å². The van der Waals surface area contributed by atoms with Crippen LogP contribution in [0.1, 0.15) is 20.8 Å². The Morgan fingerprint density at radius 1 is 1.24 bits per heavy atom. The second kappa shape index (κ2) is 9.13. The Hall–Kier alpha value is -2.34. The summed E-state index contributed by atoms with van der Waals surface area (Å²) >= 11 is 0. The predicted octanol–water partition coefficient (Wildman–Crippen LogP) is 2.20. The summed E-state index contributed by atoms with van der Waals surface area (Å²) in [7, 11) is -1.57. The number of morpholine rings is 1. The number of anilines is 3. The van der Waals surface area contributed by atoms with Crippen LogP contribution in [0.25, 0.3) is 0 Å². The number of nitrogens with one attached hydrogen (secondary N) is 2. The molecule has 0 bridgehead atoms. The molecule has 2 aliphatic rings. The molecule has 1 aromatic carbocycles. The molecule has 1 aromatic heterocycles. The molecule has 0 amide bonds. The van der Waals surface area contributed by atoms with Gasteiger partial charge in [0, 0.05) is 31.9 Å². The fraction of sp³-hybridized carbons (Fsp3) is 0.545. The topological polar surface area (TPSA) is 99.7 Å². The van der Waals surface area contributed by atoms with Gasteiger partial charge in [0.2, 0.25) is 16.0 Å². The Kier molecular flexibility index (Phi) is 6.59. The van der Waals surface area contributed by atoms with Crippen LogP contribution in [-0.4, -0.2) is 74.8 Å². The van der Waals surface area contributed by atoms with Gasteiger partial charge in [-0.2, -0.15) is 4.98 Å². The third kappa shape index (κ3) is 5.60. The minimum atomic E-state index is -3.58. The maximum absolute atomic E-state index is 14.6. The highest BCUT2D eigenvalue weighted by molar-refractivity contribution is 7.89. The first-order valence-corrected chi connectivity index (χ1v) is 12.5. The van der Waals surface area contributed by atoms with Gasteiger partial charge in [0.1, 0.15) is 0 Å². The van der Waals surface area contributed by atoms with Crippen LogP contribution in [0.2, 0.25) is 0 Å². The maximum Gasteiger partial charge on any atom is 0.240 e. The molecular weight excluding hydrogens is 447 g/mol. The number of hydrogen-bond donors (Lipinski definition) is 2. The molecule has 0 unspecified atom stereocenters. The van der Waals surface area contributed by atoms with Gasteiger partial charge in [0.05, 0.1) is 29.3 Å². The Balaban J connectivity index is 1.44. The number of rotatable bonds is 7. The van der Waals surface area contributed by atoms with E-state index in [9.17, 15) is 12.8 Å². The lowest BCUT2D eigenvalue weighted by molar-refractivity contribution is -0.0425. The molecule has 11 heteroatoms. The monoisotopic (exact) mass is 478 g/mol.